The maximum absolute atomic E-state index is 13.6. The van der Waals surface area contributed by atoms with E-state index >= 15 is 0 Å². The molecule has 5 rings (SSSR count). The van der Waals surface area contributed by atoms with E-state index in [4.69, 9.17) is 4.74 Å². The largest absolute Gasteiger partial charge is 0.494 e. The molecule has 7 nitrogen and oxygen atoms in total. The summed E-state index contributed by atoms with van der Waals surface area (Å²) in [6.45, 7) is 2.68. The first-order valence-corrected chi connectivity index (χ1v) is 11.0. The van der Waals surface area contributed by atoms with E-state index in [2.05, 4.69) is 5.10 Å². The molecular weight excluding hydrogens is 431 g/mol. The third-order valence-corrected chi connectivity index (χ3v) is 6.10. The monoisotopic (exact) mass is 450 g/mol. The second-order valence-corrected chi connectivity index (χ2v) is 8.19. The van der Waals surface area contributed by atoms with Gasteiger partial charge in [0.2, 0.25) is 5.78 Å². The first-order valence-electron chi connectivity index (χ1n) is 10.1. The molecule has 5 aromatic rings. The number of hydrogen-bond donors (Lipinski definition) is 0. The molecule has 0 aliphatic heterocycles. The van der Waals surface area contributed by atoms with Crippen molar-refractivity contribution in [1.29, 1.82) is 0 Å². The van der Waals surface area contributed by atoms with Gasteiger partial charge in [0.05, 0.1) is 25.2 Å². The molecule has 0 aliphatic rings. The van der Waals surface area contributed by atoms with Gasteiger partial charge in [-0.3, -0.25) is 9.36 Å². The minimum atomic E-state index is -0.389. The van der Waals surface area contributed by atoms with Gasteiger partial charge >= 0.3 is 5.69 Å². The van der Waals surface area contributed by atoms with Crippen LogP contribution in [0.2, 0.25) is 0 Å². The lowest BCUT2D eigenvalue weighted by molar-refractivity contribution is 0.336. The predicted octanol–water partition coefficient (Wildman–Crippen LogP) is 3.51. The number of halogens is 1. The van der Waals surface area contributed by atoms with Crippen LogP contribution in [0.4, 0.5) is 4.39 Å². The number of rotatable bonds is 6. The summed E-state index contributed by atoms with van der Waals surface area (Å²) >= 11 is 1.28. The van der Waals surface area contributed by atoms with Gasteiger partial charge in [-0.1, -0.05) is 30.3 Å². The number of fused-ring (bicyclic) bond motifs is 3. The molecule has 3 aromatic heterocycles. The zero-order valence-electron chi connectivity index (χ0n) is 17.2. The molecule has 32 heavy (non-hydrogen) atoms. The second kappa shape index (κ2) is 8.08. The van der Waals surface area contributed by atoms with Gasteiger partial charge in [-0.15, -0.1) is 16.4 Å². The first kappa shape index (κ1) is 20.2. The van der Waals surface area contributed by atoms with Crippen molar-refractivity contribution in [2.24, 2.45) is 0 Å². The highest BCUT2D eigenvalue weighted by Gasteiger charge is 2.19. The number of hydrogen-bond acceptors (Lipinski definition) is 5. The van der Waals surface area contributed by atoms with Crippen LogP contribution in [0.1, 0.15) is 18.1 Å². The Bertz CT molecular complexity index is 1560. The van der Waals surface area contributed by atoms with E-state index in [9.17, 15) is 14.0 Å². The van der Waals surface area contributed by atoms with Crippen LogP contribution in [0.25, 0.3) is 16.0 Å². The average molecular weight is 450 g/mol. The van der Waals surface area contributed by atoms with E-state index in [0.29, 0.717) is 28.1 Å². The number of benzene rings is 2. The number of aromatic nitrogens is 4. The molecule has 0 spiro atoms. The van der Waals surface area contributed by atoms with Crippen LogP contribution in [-0.2, 0) is 13.1 Å². The maximum Gasteiger partial charge on any atom is 0.352 e. The van der Waals surface area contributed by atoms with Crippen LogP contribution >= 0.6 is 11.3 Å². The van der Waals surface area contributed by atoms with E-state index in [1.165, 1.54) is 37.1 Å². The van der Waals surface area contributed by atoms with Gasteiger partial charge in [0.1, 0.15) is 16.3 Å². The fraction of sp³-hybridized carbons (Fsp3) is 0.174. The smallest absolute Gasteiger partial charge is 0.352 e. The molecule has 0 N–H and O–H groups in total. The van der Waals surface area contributed by atoms with Gasteiger partial charge in [-0.25, -0.2) is 18.3 Å². The standard InChI is InChI=1S/C23H19FN4O3S/c1-2-31-19-9-4-3-7-16(19)14-26-21(29)20-18(10-11-32-20)28-22(26)25-27(23(28)30)13-15-6-5-8-17(24)12-15/h3-12H,2,13-14H2,1H3. The number of ether oxygens (including phenoxy) is 1. The summed E-state index contributed by atoms with van der Waals surface area (Å²) in [5, 5.41) is 6.25. The van der Waals surface area contributed by atoms with Crippen molar-refractivity contribution in [3.05, 3.63) is 97.8 Å². The average Bonchev–Trinajstić information content (AvgIpc) is 3.38. The van der Waals surface area contributed by atoms with Gasteiger partial charge in [0, 0.05) is 5.56 Å². The molecule has 0 radical (unpaired) electrons. The quantitative estimate of drug-likeness (QED) is 0.397. The molecule has 9 heteroatoms. The van der Waals surface area contributed by atoms with Crippen molar-refractivity contribution < 1.29 is 9.13 Å². The normalized spacial score (nSPS) is 11.4. The number of nitrogens with zero attached hydrogens (tertiary/aromatic N) is 4. The lowest BCUT2D eigenvalue weighted by atomic mass is 10.2. The minimum Gasteiger partial charge on any atom is -0.494 e. The van der Waals surface area contributed by atoms with Crippen molar-refractivity contribution in [3.8, 4) is 5.75 Å². The molecule has 0 aliphatic carbocycles. The first-order chi connectivity index (χ1) is 15.6. The SMILES string of the molecule is CCOc1ccccc1Cn1c(=O)c2sccc2n2c(=O)n(Cc3cccc(F)c3)nc12. The lowest BCUT2D eigenvalue weighted by Crippen LogP contribution is -2.26. The molecule has 0 saturated heterocycles. The molecule has 3 heterocycles. The van der Waals surface area contributed by atoms with Gasteiger partial charge in [-0.05, 0) is 42.1 Å². The summed E-state index contributed by atoms with van der Waals surface area (Å²) in [6.07, 6.45) is 0. The summed E-state index contributed by atoms with van der Waals surface area (Å²) in [4.78, 5) is 26.6. The van der Waals surface area contributed by atoms with Crippen LogP contribution in [-0.4, -0.2) is 25.4 Å². The van der Waals surface area contributed by atoms with Crippen LogP contribution in [0.3, 0.4) is 0 Å². The van der Waals surface area contributed by atoms with Crippen LogP contribution in [0.5, 0.6) is 5.75 Å². The zero-order chi connectivity index (χ0) is 22.2. The second-order valence-electron chi connectivity index (χ2n) is 7.27. The third-order valence-electron chi connectivity index (χ3n) is 5.21. The van der Waals surface area contributed by atoms with Crippen LogP contribution in [0.15, 0.2) is 69.6 Å². The van der Waals surface area contributed by atoms with Crippen LogP contribution in [0, 0.1) is 5.82 Å². The highest BCUT2D eigenvalue weighted by molar-refractivity contribution is 7.17. The Hall–Kier alpha value is -3.72. The van der Waals surface area contributed by atoms with Crippen molar-refractivity contribution in [2.45, 2.75) is 20.0 Å². The molecule has 162 valence electrons. The predicted molar refractivity (Wildman–Crippen MR) is 121 cm³/mol. The minimum absolute atomic E-state index is 0.0909. The summed E-state index contributed by atoms with van der Waals surface area (Å²) in [7, 11) is 0. The van der Waals surface area contributed by atoms with Crippen molar-refractivity contribution >= 4 is 27.3 Å². The Balaban J connectivity index is 1.71. The Labute approximate surface area is 185 Å². The third kappa shape index (κ3) is 3.40. The van der Waals surface area contributed by atoms with Crippen molar-refractivity contribution in [3.63, 3.8) is 0 Å². The van der Waals surface area contributed by atoms with Gasteiger partial charge < -0.3 is 4.74 Å². The molecule has 0 unspecified atom stereocenters. The molecule has 0 amide bonds. The fourth-order valence-corrected chi connectivity index (χ4v) is 4.61. The highest BCUT2D eigenvalue weighted by Crippen LogP contribution is 2.22. The van der Waals surface area contributed by atoms with Crippen LogP contribution < -0.4 is 16.0 Å². The Kier molecular flexibility index (Phi) is 5.10. The lowest BCUT2D eigenvalue weighted by Gasteiger charge is -2.12. The number of para-hydroxylation sites is 1. The summed E-state index contributed by atoms with van der Waals surface area (Å²) in [6, 6.07) is 15.2. The van der Waals surface area contributed by atoms with Gasteiger partial charge in [0.15, 0.2) is 0 Å². The molecular formula is C23H19FN4O3S. The van der Waals surface area contributed by atoms with Gasteiger partial charge in [0.25, 0.3) is 5.56 Å². The van der Waals surface area contributed by atoms with E-state index < -0.39 is 0 Å². The molecule has 0 atom stereocenters. The van der Waals surface area contributed by atoms with E-state index in [1.54, 1.807) is 23.6 Å². The van der Waals surface area contributed by atoms with Gasteiger partial charge in [-0.2, -0.15) is 0 Å². The summed E-state index contributed by atoms with van der Waals surface area (Å²) in [5.74, 6) is 0.519. The zero-order valence-corrected chi connectivity index (χ0v) is 18.0. The molecule has 2 aromatic carbocycles. The summed E-state index contributed by atoms with van der Waals surface area (Å²) < 4.78 is 24.0. The molecule has 0 fully saturated rings. The molecule has 0 bridgehead atoms. The summed E-state index contributed by atoms with van der Waals surface area (Å²) in [5.41, 5.74) is 1.31. The van der Waals surface area contributed by atoms with Crippen molar-refractivity contribution in [2.75, 3.05) is 6.61 Å². The maximum atomic E-state index is 13.6. The molecule has 0 saturated carbocycles. The fourth-order valence-electron chi connectivity index (χ4n) is 3.79. The topological polar surface area (TPSA) is 70.5 Å². The Morgan fingerprint density at radius 2 is 1.91 bits per heavy atom. The van der Waals surface area contributed by atoms with E-state index in [1.807, 2.05) is 31.2 Å². The Morgan fingerprint density at radius 1 is 1.06 bits per heavy atom. The van der Waals surface area contributed by atoms with Crippen molar-refractivity contribution in [1.82, 2.24) is 18.7 Å². The highest BCUT2D eigenvalue weighted by atomic mass is 32.1. The number of thiophene rings is 1. The van der Waals surface area contributed by atoms with E-state index in [0.717, 1.165) is 5.56 Å². The van der Waals surface area contributed by atoms with E-state index in [-0.39, 0.29) is 35.9 Å². The Morgan fingerprint density at radius 3 is 2.72 bits per heavy atom.